The van der Waals surface area contributed by atoms with E-state index in [-0.39, 0.29) is 22.9 Å². The van der Waals surface area contributed by atoms with E-state index in [1.54, 1.807) is 0 Å². The molecule has 156 valence electrons. The molecular weight excluding hydrogens is 348 g/mol. The highest BCUT2D eigenvalue weighted by Gasteiger charge is 2.63. The van der Waals surface area contributed by atoms with Crippen molar-refractivity contribution in [3.63, 3.8) is 0 Å². The van der Waals surface area contributed by atoms with E-state index in [0.29, 0.717) is 35.5 Å². The summed E-state index contributed by atoms with van der Waals surface area (Å²) in [5.74, 6) is 3.02. The number of rotatable bonds is 1. The molecule has 9 atom stereocenters. The van der Waals surface area contributed by atoms with Gasteiger partial charge in [-0.3, -0.25) is 4.79 Å². The van der Waals surface area contributed by atoms with E-state index in [4.69, 9.17) is 0 Å². The first kappa shape index (κ1) is 19.3. The van der Waals surface area contributed by atoms with Crippen LogP contribution in [0.5, 0.6) is 0 Å². The normalized spacial score (nSPS) is 53.8. The predicted molar refractivity (Wildman–Crippen MR) is 111 cm³/mol. The second kappa shape index (κ2) is 6.65. The molecule has 0 spiro atoms. The van der Waals surface area contributed by atoms with Gasteiger partial charge in [0.05, 0.1) is 6.10 Å². The Labute approximate surface area is 169 Å². The first-order chi connectivity index (χ1) is 13.3. The average molecular weight is 387 g/mol. The number of hydrogen-bond donors (Lipinski definition) is 3. The van der Waals surface area contributed by atoms with Crippen molar-refractivity contribution in [2.45, 2.75) is 71.4 Å². The van der Waals surface area contributed by atoms with Gasteiger partial charge in [0, 0.05) is 38.0 Å². The molecule has 0 radical (unpaired) electrons. The molecule has 1 aliphatic heterocycles. The molecule has 4 nitrogen and oxygen atoms in total. The maximum absolute atomic E-state index is 13.3. The Morgan fingerprint density at radius 2 is 1.93 bits per heavy atom. The maximum atomic E-state index is 13.3. The van der Waals surface area contributed by atoms with Gasteiger partial charge in [-0.15, -0.1) is 0 Å². The Morgan fingerprint density at radius 1 is 1.11 bits per heavy atom. The van der Waals surface area contributed by atoms with Crippen molar-refractivity contribution in [1.82, 2.24) is 10.6 Å². The zero-order valence-corrected chi connectivity index (χ0v) is 17.8. The van der Waals surface area contributed by atoms with Crippen molar-refractivity contribution in [3.05, 3.63) is 11.6 Å². The molecule has 3 N–H and O–H groups in total. The lowest BCUT2D eigenvalue weighted by atomic mass is 9.45. The van der Waals surface area contributed by atoms with E-state index in [1.807, 2.05) is 0 Å². The van der Waals surface area contributed by atoms with Gasteiger partial charge < -0.3 is 15.7 Å². The van der Waals surface area contributed by atoms with E-state index in [1.165, 1.54) is 18.4 Å². The molecular formula is C24H38N2O2. The fraction of sp³-hybridized carbons (Fsp3) is 0.875. The second-order valence-corrected chi connectivity index (χ2v) is 11.1. The number of aliphatic hydroxyl groups is 1. The highest BCUT2D eigenvalue weighted by molar-refractivity contribution is 5.85. The van der Waals surface area contributed by atoms with Gasteiger partial charge in [0.25, 0.3) is 0 Å². The number of nitrogens with one attached hydrogen (secondary N) is 2. The number of ketones is 1. The molecule has 5 rings (SSSR count). The number of Topliss-reactive ketones (excluding diaryl/α,β-unsaturated/α-hetero) is 1. The van der Waals surface area contributed by atoms with Crippen LogP contribution < -0.4 is 10.6 Å². The molecule has 0 aromatic heterocycles. The van der Waals surface area contributed by atoms with E-state index in [0.717, 1.165) is 45.3 Å². The van der Waals surface area contributed by atoms with Gasteiger partial charge in [0.2, 0.25) is 0 Å². The molecule has 4 heteroatoms. The third-order valence-corrected chi connectivity index (χ3v) is 9.80. The summed E-state index contributed by atoms with van der Waals surface area (Å²) in [5, 5.41) is 17.4. The zero-order chi connectivity index (χ0) is 19.7. The average Bonchev–Trinajstić information content (AvgIpc) is 2.94. The summed E-state index contributed by atoms with van der Waals surface area (Å²) in [4.78, 5) is 13.3. The summed E-state index contributed by atoms with van der Waals surface area (Å²) in [6, 6.07) is 0.304. The molecule has 3 saturated carbocycles. The van der Waals surface area contributed by atoms with Gasteiger partial charge in [-0.25, -0.2) is 0 Å². The first-order valence-corrected chi connectivity index (χ1v) is 11.7. The van der Waals surface area contributed by atoms with Crippen LogP contribution in [0.15, 0.2) is 11.6 Å². The monoisotopic (exact) mass is 386 g/mol. The number of carbonyl (C=O) groups is 1. The Balaban J connectivity index is 1.49. The Hall–Kier alpha value is -0.710. The number of aliphatic hydroxyl groups excluding tert-OH is 1. The van der Waals surface area contributed by atoms with E-state index in [2.05, 4.69) is 37.5 Å². The molecule has 28 heavy (non-hydrogen) atoms. The van der Waals surface area contributed by atoms with Gasteiger partial charge in [-0.2, -0.15) is 0 Å². The van der Waals surface area contributed by atoms with Crippen LogP contribution in [0.4, 0.5) is 0 Å². The Bertz CT molecular complexity index is 684. The molecule has 0 aromatic rings. The zero-order valence-electron chi connectivity index (χ0n) is 17.8. The second-order valence-electron chi connectivity index (χ2n) is 11.1. The summed E-state index contributed by atoms with van der Waals surface area (Å²) in [6.45, 7) is 10.2. The molecule has 4 fully saturated rings. The SMILES string of the molecule is CC1C=C2CC(O)CC[C@]2(C)[C@@H]2CC[C@]3(C)C(C4CNCCN4)C(=O)C[C@H]3[C@H]12. The van der Waals surface area contributed by atoms with Crippen molar-refractivity contribution in [3.8, 4) is 0 Å². The van der Waals surface area contributed by atoms with Crippen LogP contribution in [0.2, 0.25) is 0 Å². The van der Waals surface area contributed by atoms with Crippen LogP contribution in [0.3, 0.4) is 0 Å². The van der Waals surface area contributed by atoms with Crippen LogP contribution >= 0.6 is 0 Å². The fourth-order valence-electron chi connectivity index (χ4n) is 8.43. The lowest BCUT2D eigenvalue weighted by Crippen LogP contribution is -2.58. The predicted octanol–water partition coefficient (Wildman–Crippen LogP) is 2.91. The van der Waals surface area contributed by atoms with Gasteiger partial charge >= 0.3 is 0 Å². The topological polar surface area (TPSA) is 61.4 Å². The Kier molecular flexibility index (Phi) is 4.57. The minimum Gasteiger partial charge on any atom is -0.393 e. The number of carbonyl (C=O) groups excluding carboxylic acids is 1. The van der Waals surface area contributed by atoms with E-state index >= 15 is 0 Å². The van der Waals surface area contributed by atoms with E-state index < -0.39 is 0 Å². The van der Waals surface area contributed by atoms with Crippen LogP contribution in [-0.4, -0.2) is 42.7 Å². The summed E-state index contributed by atoms with van der Waals surface area (Å²) in [6.07, 6.45) is 8.49. The number of allylic oxidation sites excluding steroid dienone is 1. The number of hydrogen-bond acceptors (Lipinski definition) is 4. The molecule has 0 bridgehead atoms. The van der Waals surface area contributed by atoms with Crippen LogP contribution in [0.1, 0.15) is 59.3 Å². The van der Waals surface area contributed by atoms with Crippen LogP contribution in [0.25, 0.3) is 0 Å². The third kappa shape index (κ3) is 2.63. The van der Waals surface area contributed by atoms with Crippen molar-refractivity contribution in [2.75, 3.05) is 19.6 Å². The first-order valence-electron chi connectivity index (χ1n) is 11.7. The number of piperazine rings is 1. The van der Waals surface area contributed by atoms with Crippen molar-refractivity contribution in [2.24, 2.45) is 40.4 Å². The van der Waals surface area contributed by atoms with Crippen LogP contribution in [0, 0.1) is 40.4 Å². The maximum Gasteiger partial charge on any atom is 0.138 e. The summed E-state index contributed by atoms with van der Waals surface area (Å²) >= 11 is 0. The van der Waals surface area contributed by atoms with Gasteiger partial charge in [0.1, 0.15) is 5.78 Å². The molecule has 0 amide bonds. The van der Waals surface area contributed by atoms with Gasteiger partial charge in [0.15, 0.2) is 0 Å². The van der Waals surface area contributed by atoms with Gasteiger partial charge in [-0.05, 0) is 66.6 Å². The lowest BCUT2D eigenvalue weighted by Gasteiger charge is -2.59. The largest absolute Gasteiger partial charge is 0.393 e. The standard InChI is InChI=1S/C24H38N2O2/c1-14-10-15-11-16(27)4-6-23(15,2)17-5-7-24(3)18(21(14)17)12-20(28)22(24)19-13-25-8-9-26-19/h10,14,16-19,21-22,25-27H,4-9,11-13H2,1-3H3/t14?,16?,17-,18+,19?,21-,22?,23+,24+/m1/s1. The molecule has 0 aromatic carbocycles. The fourth-order valence-corrected chi connectivity index (χ4v) is 8.43. The summed E-state index contributed by atoms with van der Waals surface area (Å²) < 4.78 is 0. The minimum absolute atomic E-state index is 0.138. The molecule has 4 unspecified atom stereocenters. The quantitative estimate of drug-likeness (QED) is 0.607. The highest BCUT2D eigenvalue weighted by Crippen LogP contribution is 2.66. The molecule has 1 heterocycles. The summed E-state index contributed by atoms with van der Waals surface area (Å²) in [5.41, 5.74) is 1.89. The molecule has 5 aliphatic rings. The summed E-state index contributed by atoms with van der Waals surface area (Å²) in [7, 11) is 0. The lowest BCUT2D eigenvalue weighted by molar-refractivity contribution is -0.124. The number of fused-ring (bicyclic) bond motifs is 5. The van der Waals surface area contributed by atoms with Crippen LogP contribution in [-0.2, 0) is 4.79 Å². The van der Waals surface area contributed by atoms with Crippen molar-refractivity contribution >= 4 is 5.78 Å². The minimum atomic E-state index is -0.153. The van der Waals surface area contributed by atoms with E-state index in [9.17, 15) is 9.90 Å². The van der Waals surface area contributed by atoms with Crippen molar-refractivity contribution in [1.29, 1.82) is 0 Å². The molecule has 4 aliphatic carbocycles. The molecule has 1 saturated heterocycles. The Morgan fingerprint density at radius 3 is 2.68 bits per heavy atom. The third-order valence-electron chi connectivity index (χ3n) is 9.80. The van der Waals surface area contributed by atoms with Gasteiger partial charge in [-0.1, -0.05) is 32.4 Å². The highest BCUT2D eigenvalue weighted by atomic mass is 16.3. The smallest absolute Gasteiger partial charge is 0.138 e. The van der Waals surface area contributed by atoms with Crippen molar-refractivity contribution < 1.29 is 9.90 Å².